The van der Waals surface area contributed by atoms with Gasteiger partial charge in [0.15, 0.2) is 0 Å². The van der Waals surface area contributed by atoms with Gasteiger partial charge in [0.1, 0.15) is 23.0 Å². The van der Waals surface area contributed by atoms with Gasteiger partial charge in [-0.25, -0.2) is 0 Å². The number of rotatable bonds is 7. The molecular weight excluding hydrogens is 468 g/mol. The van der Waals surface area contributed by atoms with Gasteiger partial charge in [0.25, 0.3) is 11.7 Å². The molecule has 0 aliphatic carbocycles. The molecule has 1 aliphatic rings. The minimum absolute atomic E-state index is 0.000922. The second kappa shape index (κ2) is 10.4. The number of aliphatic hydroxyl groups is 1. The van der Waals surface area contributed by atoms with E-state index in [0.29, 0.717) is 28.4 Å². The first-order chi connectivity index (χ1) is 18.0. The van der Waals surface area contributed by atoms with Crippen LogP contribution in [0.15, 0.2) is 109 Å². The summed E-state index contributed by atoms with van der Waals surface area (Å²) < 4.78 is 11.3. The molecule has 0 saturated carbocycles. The van der Waals surface area contributed by atoms with Crippen LogP contribution in [-0.2, 0) is 16.1 Å². The molecule has 0 radical (unpaired) electrons. The van der Waals surface area contributed by atoms with Crippen LogP contribution in [0.3, 0.4) is 0 Å². The third kappa shape index (κ3) is 4.92. The summed E-state index contributed by atoms with van der Waals surface area (Å²) in [5, 5.41) is 11.3. The molecule has 4 aromatic rings. The fourth-order valence-electron chi connectivity index (χ4n) is 4.38. The van der Waals surface area contributed by atoms with Gasteiger partial charge in [0, 0.05) is 24.5 Å². The molecule has 37 heavy (non-hydrogen) atoms. The zero-order chi connectivity index (χ0) is 25.8. The molecule has 1 N–H and O–H groups in total. The molecule has 5 rings (SSSR count). The number of likely N-dealkylation sites (tertiary alicyclic amines) is 1. The highest BCUT2D eigenvalue weighted by Gasteiger charge is 2.46. The van der Waals surface area contributed by atoms with Crippen molar-refractivity contribution in [3.8, 4) is 17.2 Å². The molecule has 7 nitrogen and oxygen atoms in total. The number of carbonyl (C=O) groups is 2. The molecule has 1 unspecified atom stereocenters. The van der Waals surface area contributed by atoms with Crippen molar-refractivity contribution >= 4 is 17.4 Å². The third-order valence-corrected chi connectivity index (χ3v) is 6.11. The van der Waals surface area contributed by atoms with Crippen LogP contribution in [0.2, 0.25) is 0 Å². The van der Waals surface area contributed by atoms with E-state index >= 15 is 0 Å². The Hall–Kier alpha value is -4.91. The number of ketones is 1. The number of aromatic nitrogens is 1. The van der Waals surface area contributed by atoms with E-state index in [4.69, 9.17) is 9.47 Å². The van der Waals surface area contributed by atoms with Gasteiger partial charge in [-0.15, -0.1) is 0 Å². The molecule has 2 heterocycles. The first-order valence-corrected chi connectivity index (χ1v) is 11.7. The Bertz CT molecular complexity index is 1470. The molecule has 7 heteroatoms. The Morgan fingerprint density at radius 2 is 1.65 bits per heavy atom. The Labute approximate surface area is 214 Å². The molecule has 1 aromatic heterocycles. The summed E-state index contributed by atoms with van der Waals surface area (Å²) in [5.41, 5.74) is 1.76. The van der Waals surface area contributed by atoms with Gasteiger partial charge in [-0.1, -0.05) is 48.5 Å². The molecule has 1 atom stereocenters. The van der Waals surface area contributed by atoms with E-state index in [0.717, 1.165) is 5.56 Å². The minimum atomic E-state index is -0.842. The van der Waals surface area contributed by atoms with Crippen molar-refractivity contribution in [3.63, 3.8) is 0 Å². The summed E-state index contributed by atoms with van der Waals surface area (Å²) in [5.74, 6) is -0.0254. The summed E-state index contributed by atoms with van der Waals surface area (Å²) in [6, 6.07) is 26.0. The number of nitrogens with zero attached hydrogens (tertiary/aromatic N) is 2. The van der Waals surface area contributed by atoms with E-state index in [2.05, 4.69) is 4.98 Å². The molecule has 0 spiro atoms. The molecule has 3 aromatic carbocycles. The van der Waals surface area contributed by atoms with Crippen LogP contribution in [0.4, 0.5) is 0 Å². The highest BCUT2D eigenvalue weighted by Crippen LogP contribution is 2.41. The second-order valence-corrected chi connectivity index (χ2v) is 8.51. The average molecular weight is 493 g/mol. The number of Topliss-reactive ketones (excluding diaryl/α,β-unsaturated/α-hetero) is 1. The smallest absolute Gasteiger partial charge is 0.295 e. The van der Waals surface area contributed by atoms with Gasteiger partial charge in [-0.05, 0) is 53.6 Å². The van der Waals surface area contributed by atoms with Crippen LogP contribution in [-0.4, -0.2) is 33.8 Å². The lowest BCUT2D eigenvalue weighted by Crippen LogP contribution is -2.29. The standard InChI is InChI=1S/C30H24N2O5/c1-36-24-13-6-10-22(17-24)28(33)26-27(32(30(35)29(26)34)19-20-8-7-15-31-18-20)21-9-5-14-25(16-21)37-23-11-3-2-4-12-23/h2-18,27,33H,19H2,1H3/b28-26-. The molecule has 1 fully saturated rings. The molecule has 1 amide bonds. The average Bonchev–Trinajstić information content (AvgIpc) is 3.19. The normalized spacial score (nSPS) is 16.6. The van der Waals surface area contributed by atoms with Gasteiger partial charge in [0.2, 0.25) is 0 Å². The summed E-state index contributed by atoms with van der Waals surface area (Å²) in [7, 11) is 1.52. The fraction of sp³-hybridized carbons (Fsp3) is 0.100. The van der Waals surface area contributed by atoms with E-state index in [1.807, 2.05) is 42.5 Å². The molecule has 1 aliphatic heterocycles. The van der Waals surface area contributed by atoms with Crippen molar-refractivity contribution in [1.29, 1.82) is 0 Å². The van der Waals surface area contributed by atoms with E-state index in [1.165, 1.54) is 12.0 Å². The topological polar surface area (TPSA) is 89.0 Å². The SMILES string of the molecule is COc1cccc(/C(O)=C2/C(=O)C(=O)N(Cc3cccnc3)C2c2cccc(Oc3ccccc3)c2)c1. The van der Waals surface area contributed by atoms with Gasteiger partial charge in [0.05, 0.1) is 18.7 Å². The predicted molar refractivity (Wildman–Crippen MR) is 138 cm³/mol. The Kier molecular flexibility index (Phi) is 6.68. The highest BCUT2D eigenvalue weighted by molar-refractivity contribution is 6.46. The lowest BCUT2D eigenvalue weighted by Gasteiger charge is -2.25. The first-order valence-electron chi connectivity index (χ1n) is 11.7. The van der Waals surface area contributed by atoms with Gasteiger partial charge >= 0.3 is 0 Å². The number of hydrogen-bond acceptors (Lipinski definition) is 6. The zero-order valence-electron chi connectivity index (χ0n) is 20.1. The van der Waals surface area contributed by atoms with E-state index in [9.17, 15) is 14.7 Å². The number of ether oxygens (including phenoxy) is 2. The molecular formula is C30H24N2O5. The molecule has 1 saturated heterocycles. The van der Waals surface area contributed by atoms with Crippen LogP contribution in [0.1, 0.15) is 22.7 Å². The molecule has 0 bridgehead atoms. The summed E-state index contributed by atoms with van der Waals surface area (Å²) >= 11 is 0. The Morgan fingerprint density at radius 3 is 2.41 bits per heavy atom. The predicted octanol–water partition coefficient (Wildman–Crippen LogP) is 5.50. The highest BCUT2D eigenvalue weighted by atomic mass is 16.5. The zero-order valence-corrected chi connectivity index (χ0v) is 20.1. The van der Waals surface area contributed by atoms with Crippen LogP contribution in [0.25, 0.3) is 5.76 Å². The number of para-hydroxylation sites is 1. The second-order valence-electron chi connectivity index (χ2n) is 8.51. The van der Waals surface area contributed by atoms with Crippen molar-refractivity contribution < 1.29 is 24.2 Å². The summed E-state index contributed by atoms with van der Waals surface area (Å²) in [6.45, 7) is 0.141. The van der Waals surface area contributed by atoms with Crippen molar-refractivity contribution in [2.75, 3.05) is 7.11 Å². The maximum absolute atomic E-state index is 13.3. The van der Waals surface area contributed by atoms with E-state index < -0.39 is 17.7 Å². The lowest BCUT2D eigenvalue weighted by molar-refractivity contribution is -0.140. The lowest BCUT2D eigenvalue weighted by atomic mass is 9.95. The third-order valence-electron chi connectivity index (χ3n) is 6.11. The van der Waals surface area contributed by atoms with E-state index in [1.54, 1.807) is 60.9 Å². The van der Waals surface area contributed by atoms with Crippen molar-refractivity contribution in [2.24, 2.45) is 0 Å². The number of amides is 1. The van der Waals surface area contributed by atoms with Crippen LogP contribution in [0, 0.1) is 0 Å². The Balaban J connectivity index is 1.62. The fourth-order valence-corrected chi connectivity index (χ4v) is 4.38. The summed E-state index contributed by atoms with van der Waals surface area (Å²) in [6.07, 6.45) is 3.29. The summed E-state index contributed by atoms with van der Waals surface area (Å²) in [4.78, 5) is 32.2. The monoisotopic (exact) mass is 492 g/mol. The number of carbonyl (C=O) groups excluding carboxylic acids is 2. The first kappa shape index (κ1) is 23.8. The number of methoxy groups -OCH3 is 1. The Morgan fingerprint density at radius 1 is 0.892 bits per heavy atom. The van der Waals surface area contributed by atoms with Crippen LogP contribution >= 0.6 is 0 Å². The van der Waals surface area contributed by atoms with Gasteiger partial charge in [-0.2, -0.15) is 0 Å². The number of benzene rings is 3. The van der Waals surface area contributed by atoms with E-state index in [-0.39, 0.29) is 17.9 Å². The van der Waals surface area contributed by atoms with Crippen molar-refractivity contribution in [2.45, 2.75) is 12.6 Å². The van der Waals surface area contributed by atoms with Crippen molar-refractivity contribution in [3.05, 3.63) is 126 Å². The number of aliphatic hydroxyl groups excluding tert-OH is 1. The maximum atomic E-state index is 13.3. The van der Waals surface area contributed by atoms with Crippen molar-refractivity contribution in [1.82, 2.24) is 9.88 Å². The van der Waals surface area contributed by atoms with Gasteiger partial charge < -0.3 is 19.5 Å². The van der Waals surface area contributed by atoms with Crippen LogP contribution in [0.5, 0.6) is 17.2 Å². The molecule has 184 valence electrons. The van der Waals surface area contributed by atoms with Crippen LogP contribution < -0.4 is 9.47 Å². The quantitative estimate of drug-likeness (QED) is 0.208. The largest absolute Gasteiger partial charge is 0.507 e. The number of pyridine rings is 1. The maximum Gasteiger partial charge on any atom is 0.295 e. The van der Waals surface area contributed by atoms with Gasteiger partial charge in [-0.3, -0.25) is 14.6 Å². The minimum Gasteiger partial charge on any atom is -0.507 e. The number of hydrogen-bond donors (Lipinski definition) is 1.